The van der Waals surface area contributed by atoms with Crippen molar-refractivity contribution in [2.24, 2.45) is 0 Å². The first-order valence-corrected chi connectivity index (χ1v) is 10.7. The molecule has 1 N–H and O–H groups in total. The smallest absolute Gasteiger partial charge is 0.329 e. The van der Waals surface area contributed by atoms with Gasteiger partial charge in [-0.2, -0.15) is 0 Å². The van der Waals surface area contributed by atoms with Gasteiger partial charge in [-0.3, -0.25) is 4.79 Å². The SMILES string of the molecule is Cc1cc(-c2cnc(N3CCOCC3)nc2C2CCN(C(=O)COCC(=O)O)CC2)on1. The molecule has 0 radical (unpaired) electrons. The van der Waals surface area contributed by atoms with E-state index in [1.807, 2.05) is 13.0 Å². The largest absolute Gasteiger partial charge is 0.480 e. The van der Waals surface area contributed by atoms with Crippen LogP contribution in [0.2, 0.25) is 0 Å². The van der Waals surface area contributed by atoms with Gasteiger partial charge >= 0.3 is 5.97 Å². The molecule has 1 amide bonds. The molecule has 0 unspecified atom stereocenters. The van der Waals surface area contributed by atoms with Crippen LogP contribution in [0, 0.1) is 6.92 Å². The summed E-state index contributed by atoms with van der Waals surface area (Å²) in [5, 5.41) is 12.7. The van der Waals surface area contributed by atoms with Crippen molar-refractivity contribution in [2.75, 3.05) is 57.5 Å². The number of aromatic nitrogens is 3. The van der Waals surface area contributed by atoms with Gasteiger partial charge in [0.25, 0.3) is 0 Å². The number of carbonyl (C=O) groups is 2. The highest BCUT2D eigenvalue weighted by Gasteiger charge is 2.29. The number of anilines is 1. The lowest BCUT2D eigenvalue weighted by Crippen LogP contribution is -2.40. The van der Waals surface area contributed by atoms with Gasteiger partial charge in [-0.25, -0.2) is 14.8 Å². The van der Waals surface area contributed by atoms with Crippen LogP contribution in [0.1, 0.15) is 30.1 Å². The molecule has 11 nitrogen and oxygen atoms in total. The number of morpholine rings is 1. The molecule has 4 heterocycles. The van der Waals surface area contributed by atoms with Gasteiger partial charge in [0, 0.05) is 44.4 Å². The molecule has 2 aromatic heterocycles. The summed E-state index contributed by atoms with van der Waals surface area (Å²) in [5.41, 5.74) is 2.49. The summed E-state index contributed by atoms with van der Waals surface area (Å²) < 4.78 is 15.9. The third kappa shape index (κ3) is 5.22. The molecule has 2 fully saturated rings. The van der Waals surface area contributed by atoms with Crippen molar-refractivity contribution in [3.8, 4) is 11.3 Å². The lowest BCUT2D eigenvalue weighted by Gasteiger charge is -2.33. The monoisotopic (exact) mass is 445 g/mol. The Morgan fingerprint density at radius 2 is 1.94 bits per heavy atom. The number of hydrogen-bond acceptors (Lipinski definition) is 9. The van der Waals surface area contributed by atoms with Gasteiger partial charge in [0.05, 0.1) is 30.2 Å². The average Bonchev–Trinajstić information content (AvgIpc) is 3.25. The Kier molecular flexibility index (Phi) is 6.96. The van der Waals surface area contributed by atoms with Gasteiger partial charge in [0.15, 0.2) is 5.76 Å². The van der Waals surface area contributed by atoms with Crippen molar-refractivity contribution in [1.29, 1.82) is 0 Å². The second-order valence-electron chi connectivity index (χ2n) is 7.94. The molecule has 0 atom stereocenters. The van der Waals surface area contributed by atoms with Crippen LogP contribution < -0.4 is 4.90 Å². The zero-order chi connectivity index (χ0) is 22.5. The van der Waals surface area contributed by atoms with E-state index in [4.69, 9.17) is 24.1 Å². The van der Waals surface area contributed by atoms with Crippen LogP contribution in [-0.2, 0) is 19.1 Å². The zero-order valence-corrected chi connectivity index (χ0v) is 18.0. The maximum Gasteiger partial charge on any atom is 0.329 e. The van der Waals surface area contributed by atoms with Gasteiger partial charge in [0.1, 0.15) is 13.2 Å². The lowest BCUT2D eigenvalue weighted by molar-refractivity contribution is -0.146. The van der Waals surface area contributed by atoms with E-state index < -0.39 is 12.6 Å². The van der Waals surface area contributed by atoms with Gasteiger partial charge in [0.2, 0.25) is 11.9 Å². The van der Waals surface area contributed by atoms with Crippen molar-refractivity contribution in [1.82, 2.24) is 20.0 Å². The molecule has 11 heteroatoms. The van der Waals surface area contributed by atoms with Crippen molar-refractivity contribution >= 4 is 17.8 Å². The number of aliphatic carboxylic acids is 1. The summed E-state index contributed by atoms with van der Waals surface area (Å²) >= 11 is 0. The number of amides is 1. The fourth-order valence-corrected chi connectivity index (χ4v) is 4.01. The summed E-state index contributed by atoms with van der Waals surface area (Å²) in [4.78, 5) is 36.2. The maximum absolute atomic E-state index is 12.3. The number of nitrogens with zero attached hydrogens (tertiary/aromatic N) is 5. The van der Waals surface area contributed by atoms with E-state index in [1.54, 1.807) is 11.1 Å². The Morgan fingerprint density at radius 1 is 1.19 bits per heavy atom. The summed E-state index contributed by atoms with van der Waals surface area (Å²) in [6.45, 7) is 5.02. The molecule has 32 heavy (non-hydrogen) atoms. The first-order chi connectivity index (χ1) is 15.5. The highest BCUT2D eigenvalue weighted by Crippen LogP contribution is 2.35. The Bertz CT molecular complexity index is 950. The fraction of sp³-hybridized carbons (Fsp3) is 0.571. The molecule has 4 rings (SSSR count). The molecular formula is C21H27N5O6. The van der Waals surface area contributed by atoms with Crippen LogP contribution >= 0.6 is 0 Å². The normalized spacial score (nSPS) is 17.5. The van der Waals surface area contributed by atoms with Gasteiger partial charge in [-0.05, 0) is 19.8 Å². The Hall–Kier alpha value is -3.05. The highest BCUT2D eigenvalue weighted by atomic mass is 16.5. The number of aryl methyl sites for hydroxylation is 1. The minimum Gasteiger partial charge on any atom is -0.480 e. The second-order valence-corrected chi connectivity index (χ2v) is 7.94. The molecule has 0 aliphatic carbocycles. The highest BCUT2D eigenvalue weighted by molar-refractivity contribution is 5.78. The van der Waals surface area contributed by atoms with Crippen LogP contribution in [-0.4, -0.2) is 89.6 Å². The number of rotatable bonds is 7. The predicted octanol–water partition coefficient (Wildman–Crippen LogP) is 1.08. The van der Waals surface area contributed by atoms with Crippen LogP contribution in [0.15, 0.2) is 16.8 Å². The Morgan fingerprint density at radius 3 is 2.59 bits per heavy atom. The van der Waals surface area contributed by atoms with E-state index in [1.165, 1.54) is 0 Å². The van der Waals surface area contributed by atoms with E-state index in [-0.39, 0.29) is 18.4 Å². The number of carboxylic acid groups (broad SMARTS) is 1. The number of ether oxygens (including phenoxy) is 2. The van der Waals surface area contributed by atoms with E-state index in [9.17, 15) is 9.59 Å². The summed E-state index contributed by atoms with van der Waals surface area (Å²) in [7, 11) is 0. The zero-order valence-electron chi connectivity index (χ0n) is 18.0. The van der Waals surface area contributed by atoms with E-state index >= 15 is 0 Å². The van der Waals surface area contributed by atoms with Crippen molar-refractivity contribution < 1.29 is 28.7 Å². The number of carbonyl (C=O) groups excluding carboxylic acids is 1. The third-order valence-electron chi connectivity index (χ3n) is 5.68. The quantitative estimate of drug-likeness (QED) is 0.660. The van der Waals surface area contributed by atoms with Crippen molar-refractivity contribution in [3.05, 3.63) is 23.7 Å². The minimum absolute atomic E-state index is 0.127. The van der Waals surface area contributed by atoms with E-state index in [0.717, 1.165) is 42.9 Å². The molecule has 2 aliphatic heterocycles. The van der Waals surface area contributed by atoms with Gasteiger partial charge in [-0.15, -0.1) is 0 Å². The van der Waals surface area contributed by atoms with Gasteiger partial charge in [-0.1, -0.05) is 5.16 Å². The molecule has 0 saturated carbocycles. The van der Waals surface area contributed by atoms with Crippen LogP contribution in [0.5, 0.6) is 0 Å². The molecule has 2 aliphatic rings. The first-order valence-electron chi connectivity index (χ1n) is 10.7. The summed E-state index contributed by atoms with van der Waals surface area (Å²) in [6, 6.07) is 1.87. The molecule has 0 spiro atoms. The van der Waals surface area contributed by atoms with Crippen LogP contribution in [0.25, 0.3) is 11.3 Å². The lowest BCUT2D eigenvalue weighted by atomic mass is 9.90. The van der Waals surface area contributed by atoms with Crippen molar-refractivity contribution in [3.63, 3.8) is 0 Å². The Labute approximate surface area is 185 Å². The summed E-state index contributed by atoms with van der Waals surface area (Å²) in [5.74, 6) is 0.136. The average molecular weight is 445 g/mol. The molecule has 2 saturated heterocycles. The van der Waals surface area contributed by atoms with E-state index in [2.05, 4.69) is 15.0 Å². The maximum atomic E-state index is 12.3. The predicted molar refractivity (Wildman–Crippen MR) is 112 cm³/mol. The van der Waals surface area contributed by atoms with Crippen LogP contribution in [0.4, 0.5) is 5.95 Å². The molecule has 0 aromatic carbocycles. The fourth-order valence-electron chi connectivity index (χ4n) is 4.01. The molecule has 172 valence electrons. The standard InChI is InChI=1S/C21H27N5O6/c1-14-10-17(32-24-14)16-11-22-21(26-6-8-30-9-7-26)23-20(16)15-2-4-25(5-3-15)18(27)12-31-13-19(28)29/h10-11,15H,2-9,12-13H2,1H3,(H,28,29). The number of carboxylic acids is 1. The third-order valence-corrected chi connectivity index (χ3v) is 5.68. The van der Waals surface area contributed by atoms with Crippen molar-refractivity contribution in [2.45, 2.75) is 25.7 Å². The number of piperidine rings is 1. The molecular weight excluding hydrogens is 418 g/mol. The van der Waals surface area contributed by atoms with Crippen LogP contribution in [0.3, 0.4) is 0 Å². The summed E-state index contributed by atoms with van der Waals surface area (Å²) in [6.07, 6.45) is 3.25. The minimum atomic E-state index is -1.09. The molecule has 0 bridgehead atoms. The van der Waals surface area contributed by atoms with Gasteiger partial charge < -0.3 is 28.9 Å². The Balaban J connectivity index is 1.50. The first kappa shape index (κ1) is 22.2. The number of likely N-dealkylation sites (tertiary alicyclic amines) is 1. The second kappa shape index (κ2) is 10.0. The topological polar surface area (TPSA) is 131 Å². The van der Waals surface area contributed by atoms with E-state index in [0.29, 0.717) is 38.0 Å². The number of hydrogen-bond donors (Lipinski definition) is 1. The molecule has 2 aromatic rings.